The Morgan fingerprint density at radius 2 is 1.93 bits per heavy atom. The van der Waals surface area contributed by atoms with Crippen LogP contribution in [-0.4, -0.2) is 10.9 Å². The van der Waals surface area contributed by atoms with Gasteiger partial charge in [0, 0.05) is 6.42 Å². The molecule has 0 aromatic heterocycles. The van der Waals surface area contributed by atoms with Crippen molar-refractivity contribution in [1.29, 1.82) is 0 Å². The van der Waals surface area contributed by atoms with Crippen molar-refractivity contribution in [1.82, 2.24) is 0 Å². The van der Waals surface area contributed by atoms with E-state index in [1.807, 2.05) is 19.9 Å². The molecule has 0 atom stereocenters. The average molecular weight is 192 g/mol. The van der Waals surface area contributed by atoms with E-state index in [1.54, 1.807) is 13.0 Å². The number of rotatable bonds is 3. The van der Waals surface area contributed by atoms with Gasteiger partial charge in [0.15, 0.2) is 0 Å². The van der Waals surface area contributed by atoms with Gasteiger partial charge in [-0.25, -0.2) is 0 Å². The Hall–Kier alpha value is -1.31. The molecule has 0 spiro atoms. The maximum atomic E-state index is 10.8. The fraction of sp³-hybridized carbons (Fsp3) is 0.417. The lowest BCUT2D eigenvalue weighted by molar-refractivity contribution is -0.116. The van der Waals surface area contributed by atoms with Crippen LogP contribution in [0.25, 0.3) is 0 Å². The van der Waals surface area contributed by atoms with Crippen molar-refractivity contribution in [2.24, 2.45) is 0 Å². The molecule has 0 aliphatic rings. The summed E-state index contributed by atoms with van der Waals surface area (Å²) in [5.74, 6) is 0.532. The quantitative estimate of drug-likeness (QED) is 0.799. The first-order chi connectivity index (χ1) is 6.52. The first-order valence-electron chi connectivity index (χ1n) is 4.80. The normalized spacial score (nSPS) is 10.2. The summed E-state index contributed by atoms with van der Waals surface area (Å²) in [4.78, 5) is 10.8. The van der Waals surface area contributed by atoms with E-state index in [0.29, 0.717) is 12.2 Å². The standard InChI is InChI=1S/C12H16O2/c1-8(13)4-5-11-6-7-12(14)10(3)9(11)2/h6-7,14H,4-5H2,1-3H3. The Kier molecular flexibility index (Phi) is 3.28. The molecular weight excluding hydrogens is 176 g/mol. The highest BCUT2D eigenvalue weighted by Crippen LogP contribution is 2.23. The van der Waals surface area contributed by atoms with Gasteiger partial charge >= 0.3 is 0 Å². The lowest BCUT2D eigenvalue weighted by atomic mass is 9.98. The molecule has 0 bridgehead atoms. The van der Waals surface area contributed by atoms with Crippen molar-refractivity contribution in [3.05, 3.63) is 28.8 Å². The summed E-state index contributed by atoms with van der Waals surface area (Å²) in [7, 11) is 0. The van der Waals surface area contributed by atoms with Crippen LogP contribution in [0.5, 0.6) is 5.75 Å². The third-order valence-electron chi connectivity index (χ3n) is 2.62. The summed E-state index contributed by atoms with van der Waals surface area (Å²) in [5, 5.41) is 9.44. The number of phenolic OH excluding ortho intramolecular Hbond substituents is 1. The van der Waals surface area contributed by atoms with Crippen molar-refractivity contribution in [3.8, 4) is 5.75 Å². The van der Waals surface area contributed by atoms with E-state index in [-0.39, 0.29) is 5.78 Å². The third-order valence-corrected chi connectivity index (χ3v) is 2.62. The Morgan fingerprint density at radius 3 is 2.50 bits per heavy atom. The zero-order valence-electron chi connectivity index (χ0n) is 8.92. The van der Waals surface area contributed by atoms with Crippen LogP contribution in [0.1, 0.15) is 30.0 Å². The minimum Gasteiger partial charge on any atom is -0.508 e. The maximum absolute atomic E-state index is 10.8. The number of ketones is 1. The molecule has 0 radical (unpaired) electrons. The fourth-order valence-corrected chi connectivity index (χ4v) is 1.44. The van der Waals surface area contributed by atoms with E-state index < -0.39 is 0 Å². The summed E-state index contributed by atoms with van der Waals surface area (Å²) in [6.45, 7) is 5.47. The number of Topliss-reactive ketones (excluding diaryl/α,β-unsaturated/α-hetero) is 1. The molecule has 2 nitrogen and oxygen atoms in total. The van der Waals surface area contributed by atoms with Crippen LogP contribution in [-0.2, 0) is 11.2 Å². The largest absolute Gasteiger partial charge is 0.508 e. The molecular formula is C12H16O2. The third kappa shape index (κ3) is 2.34. The number of carbonyl (C=O) groups excluding carboxylic acids is 1. The van der Waals surface area contributed by atoms with Gasteiger partial charge in [0.05, 0.1) is 0 Å². The number of carbonyl (C=O) groups is 1. The van der Waals surface area contributed by atoms with Crippen LogP contribution in [0, 0.1) is 13.8 Å². The number of phenols is 1. The van der Waals surface area contributed by atoms with Crippen molar-refractivity contribution in [3.63, 3.8) is 0 Å². The molecule has 1 aromatic rings. The highest BCUT2D eigenvalue weighted by molar-refractivity contribution is 5.75. The molecule has 1 rings (SSSR count). The Balaban J connectivity index is 2.88. The van der Waals surface area contributed by atoms with Crippen LogP contribution in [0.3, 0.4) is 0 Å². The molecule has 76 valence electrons. The monoisotopic (exact) mass is 192 g/mol. The van der Waals surface area contributed by atoms with Crippen molar-refractivity contribution >= 4 is 5.78 Å². The number of hydrogen-bond donors (Lipinski definition) is 1. The second-order valence-electron chi connectivity index (χ2n) is 3.70. The van der Waals surface area contributed by atoms with Crippen molar-refractivity contribution < 1.29 is 9.90 Å². The van der Waals surface area contributed by atoms with Gasteiger partial charge in [-0.3, -0.25) is 0 Å². The molecule has 0 aliphatic heterocycles. The summed E-state index contributed by atoms with van der Waals surface area (Å²) < 4.78 is 0. The van der Waals surface area contributed by atoms with Crippen molar-refractivity contribution in [2.45, 2.75) is 33.6 Å². The topological polar surface area (TPSA) is 37.3 Å². The molecule has 14 heavy (non-hydrogen) atoms. The summed E-state index contributed by atoms with van der Waals surface area (Å²) in [6, 6.07) is 3.58. The van der Waals surface area contributed by atoms with Gasteiger partial charge in [0.2, 0.25) is 0 Å². The Morgan fingerprint density at radius 1 is 1.29 bits per heavy atom. The molecule has 1 N–H and O–H groups in total. The van der Waals surface area contributed by atoms with E-state index in [2.05, 4.69) is 0 Å². The minimum absolute atomic E-state index is 0.204. The number of aromatic hydroxyl groups is 1. The second kappa shape index (κ2) is 4.27. The lowest BCUT2D eigenvalue weighted by Crippen LogP contribution is -1.97. The predicted octanol–water partition coefficient (Wildman–Crippen LogP) is 2.53. The molecule has 0 saturated heterocycles. The first kappa shape index (κ1) is 10.8. The highest BCUT2D eigenvalue weighted by atomic mass is 16.3. The smallest absolute Gasteiger partial charge is 0.130 e. The van der Waals surface area contributed by atoms with E-state index in [1.165, 1.54) is 0 Å². The Labute approximate surface area is 84.6 Å². The van der Waals surface area contributed by atoms with Gasteiger partial charge < -0.3 is 9.90 Å². The number of aryl methyl sites for hydroxylation is 1. The number of benzene rings is 1. The predicted molar refractivity (Wildman–Crippen MR) is 56.6 cm³/mol. The lowest BCUT2D eigenvalue weighted by Gasteiger charge is -2.09. The number of hydrogen-bond acceptors (Lipinski definition) is 2. The SMILES string of the molecule is CC(=O)CCc1ccc(O)c(C)c1C. The maximum Gasteiger partial charge on any atom is 0.130 e. The van der Waals surface area contributed by atoms with Gasteiger partial charge in [-0.2, -0.15) is 0 Å². The molecule has 0 aliphatic carbocycles. The molecule has 0 unspecified atom stereocenters. The van der Waals surface area contributed by atoms with Gasteiger partial charge in [-0.1, -0.05) is 6.07 Å². The second-order valence-corrected chi connectivity index (χ2v) is 3.70. The molecule has 1 aromatic carbocycles. The van der Waals surface area contributed by atoms with Gasteiger partial charge in [-0.15, -0.1) is 0 Å². The van der Waals surface area contributed by atoms with Crippen LogP contribution in [0.15, 0.2) is 12.1 Å². The van der Waals surface area contributed by atoms with Crippen LogP contribution >= 0.6 is 0 Å². The van der Waals surface area contributed by atoms with Gasteiger partial charge in [0.25, 0.3) is 0 Å². The summed E-state index contributed by atoms with van der Waals surface area (Å²) in [6.07, 6.45) is 1.34. The van der Waals surface area contributed by atoms with E-state index in [4.69, 9.17) is 0 Å². The zero-order valence-corrected chi connectivity index (χ0v) is 8.92. The van der Waals surface area contributed by atoms with E-state index in [9.17, 15) is 9.90 Å². The first-order valence-corrected chi connectivity index (χ1v) is 4.80. The van der Waals surface area contributed by atoms with Crippen LogP contribution in [0.2, 0.25) is 0 Å². The van der Waals surface area contributed by atoms with Crippen LogP contribution < -0.4 is 0 Å². The zero-order chi connectivity index (χ0) is 10.7. The minimum atomic E-state index is 0.204. The van der Waals surface area contributed by atoms with Gasteiger partial charge in [-0.05, 0) is 49.9 Å². The summed E-state index contributed by atoms with van der Waals surface area (Å²) in [5.41, 5.74) is 3.15. The average Bonchev–Trinajstić information content (AvgIpc) is 2.13. The van der Waals surface area contributed by atoms with E-state index in [0.717, 1.165) is 23.1 Å². The fourth-order valence-electron chi connectivity index (χ4n) is 1.44. The summed E-state index contributed by atoms with van der Waals surface area (Å²) >= 11 is 0. The van der Waals surface area contributed by atoms with E-state index >= 15 is 0 Å². The molecule has 0 fully saturated rings. The van der Waals surface area contributed by atoms with Crippen molar-refractivity contribution in [2.75, 3.05) is 0 Å². The molecule has 0 heterocycles. The molecule has 2 heteroatoms. The van der Waals surface area contributed by atoms with Crippen LogP contribution in [0.4, 0.5) is 0 Å². The highest BCUT2D eigenvalue weighted by Gasteiger charge is 2.05. The Bertz CT molecular complexity index is 354. The molecule has 0 saturated carbocycles. The van der Waals surface area contributed by atoms with Gasteiger partial charge in [0.1, 0.15) is 11.5 Å². The molecule has 0 amide bonds.